The average molecular weight is 362 g/mol. The predicted octanol–water partition coefficient (Wildman–Crippen LogP) is 2.76. The zero-order chi connectivity index (χ0) is 19.1. The highest BCUT2D eigenvalue weighted by Crippen LogP contribution is 2.24. The van der Waals surface area contributed by atoms with Gasteiger partial charge in [0, 0.05) is 30.2 Å². The van der Waals surface area contributed by atoms with Gasteiger partial charge in [-0.25, -0.2) is 19.2 Å². The van der Waals surface area contributed by atoms with Crippen LogP contribution in [0.15, 0.2) is 35.1 Å². The second-order valence-corrected chi connectivity index (χ2v) is 6.91. The number of aromatic amines is 1. The van der Waals surface area contributed by atoms with Crippen LogP contribution < -0.4 is 5.56 Å². The van der Waals surface area contributed by atoms with Gasteiger partial charge in [-0.15, -0.1) is 0 Å². The van der Waals surface area contributed by atoms with E-state index in [1.54, 1.807) is 6.07 Å². The lowest BCUT2D eigenvalue weighted by atomic mass is 10.1. The third-order valence-electron chi connectivity index (χ3n) is 4.75. The van der Waals surface area contributed by atoms with Crippen molar-refractivity contribution < 1.29 is 0 Å². The van der Waals surface area contributed by atoms with E-state index in [4.69, 9.17) is 4.98 Å². The molecule has 0 atom stereocenters. The van der Waals surface area contributed by atoms with Gasteiger partial charge in [0.15, 0.2) is 5.65 Å². The third kappa shape index (κ3) is 3.16. The summed E-state index contributed by atoms with van der Waals surface area (Å²) in [5.41, 5.74) is 5.42. The largest absolute Gasteiger partial charge is 0.289 e. The molecule has 138 valence electrons. The van der Waals surface area contributed by atoms with Gasteiger partial charge < -0.3 is 0 Å². The maximum Gasteiger partial charge on any atom is 0.272 e. The van der Waals surface area contributed by atoms with Crippen LogP contribution >= 0.6 is 0 Å². The van der Waals surface area contributed by atoms with E-state index in [0.29, 0.717) is 18.6 Å². The van der Waals surface area contributed by atoms with E-state index in [1.165, 1.54) is 10.1 Å². The number of nitrogens with one attached hydrogen (secondary N) is 1. The van der Waals surface area contributed by atoms with Crippen LogP contribution in [0.2, 0.25) is 0 Å². The Morgan fingerprint density at radius 3 is 2.59 bits per heavy atom. The van der Waals surface area contributed by atoms with Gasteiger partial charge in [0.1, 0.15) is 11.6 Å². The summed E-state index contributed by atoms with van der Waals surface area (Å²) in [4.78, 5) is 21.6. The molecule has 3 aromatic heterocycles. The maximum absolute atomic E-state index is 12.6. The molecule has 0 bridgehead atoms. The van der Waals surface area contributed by atoms with E-state index in [1.807, 2.05) is 37.6 Å². The molecule has 0 fully saturated rings. The van der Waals surface area contributed by atoms with Crippen LogP contribution in [0.5, 0.6) is 0 Å². The fraction of sp³-hybridized carbons (Fsp3) is 0.300. The second kappa shape index (κ2) is 6.50. The SMILES string of the molecule is Cc1cccc(-c2[nH]n3c(=O)cc(CCn4nc(C)nc4C)nc3c2C)c1. The molecule has 0 radical (unpaired) electrons. The summed E-state index contributed by atoms with van der Waals surface area (Å²) >= 11 is 0. The molecule has 0 amide bonds. The second-order valence-electron chi connectivity index (χ2n) is 6.91. The van der Waals surface area contributed by atoms with E-state index < -0.39 is 0 Å². The minimum atomic E-state index is -0.108. The summed E-state index contributed by atoms with van der Waals surface area (Å²) < 4.78 is 3.36. The molecule has 0 saturated heterocycles. The van der Waals surface area contributed by atoms with Crippen molar-refractivity contribution in [2.24, 2.45) is 0 Å². The number of aryl methyl sites for hydroxylation is 6. The molecule has 0 spiro atoms. The van der Waals surface area contributed by atoms with Crippen LogP contribution in [0.3, 0.4) is 0 Å². The van der Waals surface area contributed by atoms with E-state index in [0.717, 1.165) is 34.2 Å². The zero-order valence-corrected chi connectivity index (χ0v) is 15.9. The number of hydrogen-bond acceptors (Lipinski definition) is 4. The number of H-pyrrole nitrogens is 1. The first-order valence-corrected chi connectivity index (χ1v) is 8.99. The van der Waals surface area contributed by atoms with Gasteiger partial charge in [-0.3, -0.25) is 9.89 Å². The van der Waals surface area contributed by atoms with E-state index in [2.05, 4.69) is 34.2 Å². The van der Waals surface area contributed by atoms with Crippen LogP contribution in [-0.4, -0.2) is 29.4 Å². The Bertz CT molecular complexity index is 1200. The summed E-state index contributed by atoms with van der Waals surface area (Å²) in [6, 6.07) is 9.78. The van der Waals surface area contributed by atoms with Crippen LogP contribution in [0.4, 0.5) is 0 Å². The van der Waals surface area contributed by atoms with E-state index in [-0.39, 0.29) is 5.56 Å². The predicted molar refractivity (Wildman–Crippen MR) is 104 cm³/mol. The molecule has 7 nitrogen and oxygen atoms in total. The number of hydrogen-bond donors (Lipinski definition) is 1. The number of nitrogens with zero attached hydrogens (tertiary/aromatic N) is 5. The lowest BCUT2D eigenvalue weighted by Crippen LogP contribution is -2.17. The van der Waals surface area contributed by atoms with Gasteiger partial charge in [-0.1, -0.05) is 23.8 Å². The molecule has 4 rings (SSSR count). The van der Waals surface area contributed by atoms with Crippen LogP contribution in [0.1, 0.15) is 28.5 Å². The molecule has 27 heavy (non-hydrogen) atoms. The van der Waals surface area contributed by atoms with E-state index >= 15 is 0 Å². The molecule has 1 aromatic carbocycles. The van der Waals surface area contributed by atoms with Crippen LogP contribution in [-0.2, 0) is 13.0 Å². The molecule has 0 aliphatic rings. The fourth-order valence-corrected chi connectivity index (χ4v) is 3.40. The first-order valence-electron chi connectivity index (χ1n) is 8.99. The number of fused-ring (bicyclic) bond motifs is 1. The van der Waals surface area contributed by atoms with Gasteiger partial charge in [-0.2, -0.15) is 5.10 Å². The summed E-state index contributed by atoms with van der Waals surface area (Å²) in [5, 5.41) is 7.57. The van der Waals surface area contributed by atoms with Crippen molar-refractivity contribution in [2.75, 3.05) is 0 Å². The third-order valence-corrected chi connectivity index (χ3v) is 4.75. The number of rotatable bonds is 4. The fourth-order valence-electron chi connectivity index (χ4n) is 3.40. The van der Waals surface area contributed by atoms with Gasteiger partial charge >= 0.3 is 0 Å². The van der Waals surface area contributed by atoms with Crippen molar-refractivity contribution in [1.82, 2.24) is 29.4 Å². The summed E-state index contributed by atoms with van der Waals surface area (Å²) in [6.45, 7) is 8.48. The van der Waals surface area contributed by atoms with Gasteiger partial charge in [0.2, 0.25) is 0 Å². The molecule has 3 heterocycles. The first kappa shape index (κ1) is 17.2. The standard InChI is InChI=1S/C20H22N6O/c1-12-6-5-7-16(10-12)19-13(2)20-22-17(11-18(27)26(20)24-19)8-9-25-15(4)21-14(3)23-25/h5-7,10-11,24H,8-9H2,1-4H3. The lowest BCUT2D eigenvalue weighted by Gasteiger charge is -2.03. The van der Waals surface area contributed by atoms with Crippen molar-refractivity contribution in [3.63, 3.8) is 0 Å². The van der Waals surface area contributed by atoms with E-state index in [9.17, 15) is 4.79 Å². The Morgan fingerprint density at radius 2 is 1.89 bits per heavy atom. The smallest absolute Gasteiger partial charge is 0.272 e. The van der Waals surface area contributed by atoms with Crippen molar-refractivity contribution in [3.05, 3.63) is 69.2 Å². The minimum absolute atomic E-state index is 0.108. The lowest BCUT2D eigenvalue weighted by molar-refractivity contribution is 0.585. The van der Waals surface area contributed by atoms with Crippen LogP contribution in [0.25, 0.3) is 16.9 Å². The molecule has 0 aliphatic heterocycles. The van der Waals surface area contributed by atoms with Gasteiger partial charge in [0.05, 0.1) is 11.4 Å². The molecule has 7 heteroatoms. The Labute approximate surface area is 156 Å². The summed E-state index contributed by atoms with van der Waals surface area (Å²) in [6.07, 6.45) is 0.625. The molecule has 0 unspecified atom stereocenters. The molecule has 4 aromatic rings. The van der Waals surface area contributed by atoms with Crippen molar-refractivity contribution in [2.45, 2.75) is 40.7 Å². The topological polar surface area (TPSA) is 80.9 Å². The Kier molecular flexibility index (Phi) is 4.14. The number of aromatic nitrogens is 6. The molecule has 1 N–H and O–H groups in total. The maximum atomic E-state index is 12.6. The monoisotopic (exact) mass is 362 g/mol. The highest BCUT2D eigenvalue weighted by Gasteiger charge is 2.14. The Hall–Kier alpha value is -3.22. The van der Waals surface area contributed by atoms with Crippen molar-refractivity contribution >= 4 is 5.65 Å². The molecule has 0 saturated carbocycles. The quantitative estimate of drug-likeness (QED) is 0.605. The Balaban J connectivity index is 1.72. The van der Waals surface area contributed by atoms with Gasteiger partial charge in [-0.05, 0) is 33.8 Å². The summed E-state index contributed by atoms with van der Waals surface area (Å²) in [7, 11) is 0. The van der Waals surface area contributed by atoms with Crippen LogP contribution in [0, 0.1) is 27.7 Å². The normalized spacial score (nSPS) is 11.4. The van der Waals surface area contributed by atoms with Crippen molar-refractivity contribution in [3.8, 4) is 11.3 Å². The average Bonchev–Trinajstić information content (AvgIpc) is 3.12. The van der Waals surface area contributed by atoms with Crippen molar-refractivity contribution in [1.29, 1.82) is 0 Å². The summed E-state index contributed by atoms with van der Waals surface area (Å²) in [5.74, 6) is 1.62. The molecular weight excluding hydrogens is 340 g/mol. The zero-order valence-electron chi connectivity index (χ0n) is 15.9. The number of benzene rings is 1. The van der Waals surface area contributed by atoms with Gasteiger partial charge in [0.25, 0.3) is 5.56 Å². The molecule has 0 aliphatic carbocycles. The minimum Gasteiger partial charge on any atom is -0.289 e. The highest BCUT2D eigenvalue weighted by molar-refractivity contribution is 5.70. The first-order chi connectivity index (χ1) is 12.9. The highest BCUT2D eigenvalue weighted by atomic mass is 16.1. The molecular formula is C20H22N6O. The Morgan fingerprint density at radius 1 is 1.07 bits per heavy atom.